The lowest BCUT2D eigenvalue weighted by atomic mass is 10.2. The summed E-state index contributed by atoms with van der Waals surface area (Å²) in [6, 6.07) is 13.7. The van der Waals surface area contributed by atoms with E-state index in [1.54, 1.807) is 0 Å². The van der Waals surface area contributed by atoms with E-state index in [2.05, 4.69) is 34.9 Å². The predicted octanol–water partition coefficient (Wildman–Crippen LogP) is 3.10. The molecule has 3 aromatic rings. The molecule has 0 aliphatic heterocycles. The highest BCUT2D eigenvalue weighted by atomic mass is 19.1. The van der Waals surface area contributed by atoms with E-state index in [9.17, 15) is 9.18 Å². The van der Waals surface area contributed by atoms with Gasteiger partial charge in [-0.2, -0.15) is 0 Å². The SMILES string of the molecule is CN(C)CCCn1c(CCNC(=O)c2ccc(F)cc2)nc2ccccc21. The smallest absolute Gasteiger partial charge is 0.251 e. The van der Waals surface area contributed by atoms with E-state index in [4.69, 9.17) is 4.98 Å². The minimum atomic E-state index is -0.349. The average molecular weight is 368 g/mol. The Kier molecular flexibility index (Phi) is 6.19. The maximum Gasteiger partial charge on any atom is 0.251 e. The number of aromatic nitrogens is 2. The van der Waals surface area contributed by atoms with Crippen LogP contribution in [0.3, 0.4) is 0 Å². The normalized spacial score (nSPS) is 11.3. The minimum Gasteiger partial charge on any atom is -0.352 e. The van der Waals surface area contributed by atoms with Gasteiger partial charge < -0.3 is 14.8 Å². The highest BCUT2D eigenvalue weighted by Crippen LogP contribution is 2.17. The topological polar surface area (TPSA) is 50.2 Å². The molecule has 1 N–H and O–H groups in total. The molecule has 0 spiro atoms. The maximum absolute atomic E-state index is 13.0. The van der Waals surface area contributed by atoms with Crippen molar-refractivity contribution >= 4 is 16.9 Å². The lowest BCUT2D eigenvalue weighted by molar-refractivity contribution is 0.0954. The zero-order valence-corrected chi connectivity index (χ0v) is 15.8. The second kappa shape index (κ2) is 8.77. The van der Waals surface area contributed by atoms with E-state index in [-0.39, 0.29) is 11.7 Å². The van der Waals surface area contributed by atoms with Gasteiger partial charge in [-0.25, -0.2) is 9.37 Å². The molecule has 142 valence electrons. The molecule has 1 heterocycles. The third kappa shape index (κ3) is 4.92. The number of benzene rings is 2. The fraction of sp³-hybridized carbons (Fsp3) is 0.333. The van der Waals surface area contributed by atoms with Gasteiger partial charge in [-0.05, 0) is 63.5 Å². The summed E-state index contributed by atoms with van der Waals surface area (Å²) < 4.78 is 15.2. The zero-order valence-electron chi connectivity index (χ0n) is 15.8. The standard InChI is InChI=1S/C21H25FN4O/c1-25(2)14-5-15-26-19-7-4-3-6-18(19)24-20(26)12-13-23-21(27)16-8-10-17(22)11-9-16/h3-4,6-11H,5,12-15H2,1-2H3,(H,23,27). The number of nitrogens with zero attached hydrogens (tertiary/aromatic N) is 3. The van der Waals surface area contributed by atoms with Crippen LogP contribution < -0.4 is 5.32 Å². The van der Waals surface area contributed by atoms with Gasteiger partial charge in [-0.1, -0.05) is 12.1 Å². The molecule has 3 rings (SSSR count). The first-order valence-electron chi connectivity index (χ1n) is 9.17. The van der Waals surface area contributed by atoms with Crippen LogP contribution in [-0.4, -0.2) is 47.5 Å². The van der Waals surface area contributed by atoms with E-state index in [0.717, 1.165) is 36.4 Å². The zero-order chi connectivity index (χ0) is 19.2. The van der Waals surface area contributed by atoms with Crippen molar-refractivity contribution < 1.29 is 9.18 Å². The van der Waals surface area contributed by atoms with Crippen molar-refractivity contribution in [3.05, 3.63) is 65.7 Å². The molecule has 0 bridgehead atoms. The summed E-state index contributed by atoms with van der Waals surface area (Å²) in [5, 5.41) is 2.89. The van der Waals surface area contributed by atoms with Gasteiger partial charge in [0.05, 0.1) is 11.0 Å². The Bertz CT molecular complexity index is 902. The van der Waals surface area contributed by atoms with Gasteiger partial charge in [0.15, 0.2) is 0 Å². The summed E-state index contributed by atoms with van der Waals surface area (Å²) in [6.07, 6.45) is 1.67. The molecule has 0 saturated heterocycles. The number of halogens is 1. The minimum absolute atomic E-state index is 0.203. The molecule has 1 amide bonds. The van der Waals surface area contributed by atoms with Gasteiger partial charge in [0, 0.05) is 25.1 Å². The largest absolute Gasteiger partial charge is 0.352 e. The Morgan fingerprint density at radius 1 is 1.15 bits per heavy atom. The Balaban J connectivity index is 1.66. The number of aryl methyl sites for hydroxylation is 1. The third-order valence-electron chi connectivity index (χ3n) is 4.46. The van der Waals surface area contributed by atoms with Crippen molar-refractivity contribution in [3.63, 3.8) is 0 Å². The fourth-order valence-corrected chi connectivity index (χ4v) is 3.10. The van der Waals surface area contributed by atoms with Crippen LogP contribution in [0, 0.1) is 5.82 Å². The van der Waals surface area contributed by atoms with Crippen LogP contribution in [0.1, 0.15) is 22.6 Å². The molecule has 0 atom stereocenters. The summed E-state index contributed by atoms with van der Waals surface area (Å²) >= 11 is 0. The molecular formula is C21H25FN4O. The molecule has 5 nitrogen and oxygen atoms in total. The second-order valence-corrected chi connectivity index (χ2v) is 6.84. The summed E-state index contributed by atoms with van der Waals surface area (Å²) in [5.41, 5.74) is 2.55. The van der Waals surface area contributed by atoms with Crippen molar-refractivity contribution in [1.82, 2.24) is 19.8 Å². The highest BCUT2D eigenvalue weighted by Gasteiger charge is 2.11. The predicted molar refractivity (Wildman–Crippen MR) is 105 cm³/mol. The molecule has 0 fully saturated rings. The second-order valence-electron chi connectivity index (χ2n) is 6.84. The van der Waals surface area contributed by atoms with E-state index in [1.165, 1.54) is 24.3 Å². The summed E-state index contributed by atoms with van der Waals surface area (Å²) in [7, 11) is 4.13. The Morgan fingerprint density at radius 2 is 1.89 bits per heavy atom. The molecule has 0 saturated carbocycles. The Morgan fingerprint density at radius 3 is 2.63 bits per heavy atom. The molecular weight excluding hydrogens is 343 g/mol. The highest BCUT2D eigenvalue weighted by molar-refractivity contribution is 5.94. The van der Waals surface area contributed by atoms with Gasteiger partial charge >= 0.3 is 0 Å². The van der Waals surface area contributed by atoms with Gasteiger partial charge in [0.2, 0.25) is 0 Å². The molecule has 6 heteroatoms. The van der Waals surface area contributed by atoms with Gasteiger partial charge in [0.1, 0.15) is 11.6 Å². The van der Waals surface area contributed by atoms with Crippen LogP contribution in [0.2, 0.25) is 0 Å². The van der Waals surface area contributed by atoms with E-state index in [0.29, 0.717) is 18.5 Å². The average Bonchev–Trinajstić information content (AvgIpc) is 3.00. The number of hydrogen-bond acceptors (Lipinski definition) is 3. The molecule has 1 aromatic heterocycles. The quantitative estimate of drug-likeness (QED) is 0.665. The fourth-order valence-electron chi connectivity index (χ4n) is 3.10. The van der Waals surface area contributed by atoms with Crippen LogP contribution in [0.5, 0.6) is 0 Å². The number of para-hydroxylation sites is 2. The lowest BCUT2D eigenvalue weighted by Crippen LogP contribution is -2.26. The molecule has 0 aliphatic carbocycles. The number of nitrogens with one attached hydrogen (secondary N) is 1. The number of carbonyl (C=O) groups excluding carboxylic acids is 1. The van der Waals surface area contributed by atoms with Crippen LogP contribution in [-0.2, 0) is 13.0 Å². The Labute approximate surface area is 158 Å². The van der Waals surface area contributed by atoms with Crippen LogP contribution in [0.25, 0.3) is 11.0 Å². The van der Waals surface area contributed by atoms with E-state index in [1.807, 2.05) is 18.2 Å². The third-order valence-corrected chi connectivity index (χ3v) is 4.46. The first-order chi connectivity index (χ1) is 13.0. The van der Waals surface area contributed by atoms with Crippen molar-refractivity contribution in [2.45, 2.75) is 19.4 Å². The van der Waals surface area contributed by atoms with Crippen molar-refractivity contribution in [1.29, 1.82) is 0 Å². The van der Waals surface area contributed by atoms with Crippen molar-refractivity contribution in [2.75, 3.05) is 27.2 Å². The van der Waals surface area contributed by atoms with E-state index < -0.39 is 0 Å². The maximum atomic E-state index is 13.0. The van der Waals surface area contributed by atoms with Crippen LogP contribution in [0.15, 0.2) is 48.5 Å². The summed E-state index contributed by atoms with van der Waals surface area (Å²) in [5.74, 6) is 0.414. The number of imidazole rings is 1. The summed E-state index contributed by atoms with van der Waals surface area (Å²) in [4.78, 5) is 19.1. The van der Waals surface area contributed by atoms with Crippen LogP contribution >= 0.6 is 0 Å². The number of amides is 1. The lowest BCUT2D eigenvalue weighted by Gasteiger charge is -2.13. The molecule has 2 aromatic carbocycles. The molecule has 27 heavy (non-hydrogen) atoms. The number of rotatable bonds is 8. The van der Waals surface area contributed by atoms with Crippen molar-refractivity contribution in [2.24, 2.45) is 0 Å². The number of carbonyl (C=O) groups is 1. The Hall–Kier alpha value is -2.73. The van der Waals surface area contributed by atoms with Crippen molar-refractivity contribution in [3.8, 4) is 0 Å². The first-order valence-corrected chi connectivity index (χ1v) is 9.17. The van der Waals surface area contributed by atoms with Gasteiger partial charge in [-0.15, -0.1) is 0 Å². The van der Waals surface area contributed by atoms with Gasteiger partial charge in [0.25, 0.3) is 5.91 Å². The van der Waals surface area contributed by atoms with E-state index >= 15 is 0 Å². The van der Waals surface area contributed by atoms with Crippen LogP contribution in [0.4, 0.5) is 4.39 Å². The molecule has 0 unspecified atom stereocenters. The first kappa shape index (κ1) is 19.0. The monoisotopic (exact) mass is 368 g/mol. The molecule has 0 radical (unpaired) electrons. The molecule has 0 aliphatic rings. The summed E-state index contributed by atoms with van der Waals surface area (Å²) in [6.45, 7) is 2.38. The number of hydrogen-bond donors (Lipinski definition) is 1. The number of fused-ring (bicyclic) bond motifs is 1. The van der Waals surface area contributed by atoms with Gasteiger partial charge in [-0.3, -0.25) is 4.79 Å².